The number of rotatable bonds is 11. The van der Waals surface area contributed by atoms with Gasteiger partial charge in [0.1, 0.15) is 0 Å². The summed E-state index contributed by atoms with van der Waals surface area (Å²) in [7, 11) is 0. The molecule has 0 heteroatoms. The Bertz CT molecular complexity index is 107. The summed E-state index contributed by atoms with van der Waals surface area (Å²) in [6.45, 7) is 7.01. The molecule has 0 aliphatic rings. The van der Waals surface area contributed by atoms with Crippen LogP contribution in [0.4, 0.5) is 0 Å². The van der Waals surface area contributed by atoms with E-state index < -0.39 is 0 Å². The molecule has 0 radical (unpaired) electrons. The normalized spacial score (nSPS) is 13.0. The molecule has 0 aliphatic heterocycles. The van der Waals surface area contributed by atoms with Crippen LogP contribution < -0.4 is 0 Å². The van der Waals surface area contributed by atoms with Crippen molar-refractivity contribution in [3.8, 4) is 0 Å². The van der Waals surface area contributed by atoms with E-state index in [2.05, 4.69) is 20.8 Å². The van der Waals surface area contributed by atoms with E-state index in [1.165, 1.54) is 70.6 Å². The van der Waals surface area contributed by atoms with Crippen molar-refractivity contribution in [2.75, 3.05) is 0 Å². The number of hydrogen-bond acceptors (Lipinski definition) is 0. The maximum atomic E-state index is 2.44. The van der Waals surface area contributed by atoms with Gasteiger partial charge in [0.05, 0.1) is 0 Å². The lowest BCUT2D eigenvalue weighted by atomic mass is 9.96. The minimum absolute atomic E-state index is 0.975. The van der Waals surface area contributed by atoms with E-state index in [1.54, 1.807) is 0 Å². The molecule has 0 fully saturated rings. The molecule has 0 N–H and O–H groups in total. The first-order chi connectivity index (χ1) is 7.31. The summed E-state index contributed by atoms with van der Waals surface area (Å²) in [4.78, 5) is 0. The highest BCUT2D eigenvalue weighted by Crippen LogP contribution is 2.17. The molecule has 0 saturated heterocycles. The predicted octanol–water partition coefficient (Wildman–Crippen LogP) is 5.95. The second-order valence-corrected chi connectivity index (χ2v) is 5.16. The van der Waals surface area contributed by atoms with Crippen molar-refractivity contribution in [2.45, 2.75) is 91.4 Å². The fourth-order valence-electron chi connectivity index (χ4n) is 2.16. The van der Waals surface area contributed by atoms with E-state index in [-0.39, 0.29) is 0 Å². The lowest BCUT2D eigenvalue weighted by Crippen LogP contribution is -1.95. The quantitative estimate of drug-likeness (QED) is 0.371. The van der Waals surface area contributed by atoms with Gasteiger partial charge in [0.25, 0.3) is 0 Å². The van der Waals surface area contributed by atoms with Crippen LogP contribution in [0.2, 0.25) is 0 Å². The Balaban J connectivity index is 3.08. The Labute approximate surface area is 97.8 Å². The highest BCUT2D eigenvalue weighted by atomic mass is 14.1. The summed E-state index contributed by atoms with van der Waals surface area (Å²) in [5.74, 6) is 0.975. The van der Waals surface area contributed by atoms with Crippen LogP contribution in [-0.4, -0.2) is 0 Å². The predicted molar refractivity (Wildman–Crippen MR) is 71.3 cm³/mol. The second kappa shape index (κ2) is 12.1. The van der Waals surface area contributed by atoms with Crippen molar-refractivity contribution in [3.05, 3.63) is 0 Å². The molecule has 0 aliphatic carbocycles. The van der Waals surface area contributed by atoms with Gasteiger partial charge >= 0.3 is 0 Å². The molecule has 1 atom stereocenters. The van der Waals surface area contributed by atoms with Gasteiger partial charge in [0.15, 0.2) is 0 Å². The Kier molecular flexibility index (Phi) is 12.1. The van der Waals surface area contributed by atoms with E-state index in [0.29, 0.717) is 0 Å². The van der Waals surface area contributed by atoms with Gasteiger partial charge in [-0.3, -0.25) is 0 Å². The lowest BCUT2D eigenvalue weighted by molar-refractivity contribution is 0.435. The van der Waals surface area contributed by atoms with Crippen molar-refractivity contribution < 1.29 is 0 Å². The summed E-state index contributed by atoms with van der Waals surface area (Å²) in [6, 6.07) is 0. The van der Waals surface area contributed by atoms with Crippen LogP contribution in [0.1, 0.15) is 91.4 Å². The minimum Gasteiger partial charge on any atom is -0.0654 e. The van der Waals surface area contributed by atoms with Crippen molar-refractivity contribution in [3.63, 3.8) is 0 Å². The van der Waals surface area contributed by atoms with Crippen LogP contribution in [0.5, 0.6) is 0 Å². The van der Waals surface area contributed by atoms with Gasteiger partial charge in [-0.15, -0.1) is 0 Å². The third-order valence-electron chi connectivity index (χ3n) is 3.35. The molecule has 0 aromatic rings. The van der Waals surface area contributed by atoms with Crippen molar-refractivity contribution in [1.82, 2.24) is 0 Å². The molecule has 92 valence electrons. The summed E-state index contributed by atoms with van der Waals surface area (Å²) < 4.78 is 0. The van der Waals surface area contributed by atoms with Crippen LogP contribution in [0.3, 0.4) is 0 Å². The standard InChI is InChI=1S/C15H32/c1-4-6-8-10-12-14-15(3)13-11-9-7-5-2/h15H,4-14H2,1-3H3/t15-/m1/s1. The molecule has 0 aromatic carbocycles. The Morgan fingerprint density at radius 1 is 0.600 bits per heavy atom. The van der Waals surface area contributed by atoms with Crippen molar-refractivity contribution >= 4 is 0 Å². The second-order valence-electron chi connectivity index (χ2n) is 5.16. The molecule has 0 rings (SSSR count). The van der Waals surface area contributed by atoms with Crippen LogP contribution in [0, 0.1) is 5.92 Å². The first-order valence-electron chi connectivity index (χ1n) is 7.31. The number of hydrogen-bond donors (Lipinski definition) is 0. The first kappa shape index (κ1) is 15.0. The van der Waals surface area contributed by atoms with Gasteiger partial charge < -0.3 is 0 Å². The van der Waals surface area contributed by atoms with Crippen LogP contribution in [-0.2, 0) is 0 Å². The van der Waals surface area contributed by atoms with E-state index in [9.17, 15) is 0 Å². The van der Waals surface area contributed by atoms with Crippen LogP contribution in [0.15, 0.2) is 0 Å². The third-order valence-corrected chi connectivity index (χ3v) is 3.35. The molecule has 0 heterocycles. The molecule has 0 saturated carbocycles. The molecule has 0 aromatic heterocycles. The van der Waals surface area contributed by atoms with E-state index in [1.807, 2.05) is 0 Å². The van der Waals surface area contributed by atoms with Crippen molar-refractivity contribution in [2.24, 2.45) is 5.92 Å². The monoisotopic (exact) mass is 212 g/mol. The summed E-state index contributed by atoms with van der Waals surface area (Å²) in [5.41, 5.74) is 0. The van der Waals surface area contributed by atoms with Gasteiger partial charge in [-0.25, -0.2) is 0 Å². The molecule has 0 unspecified atom stereocenters. The fraction of sp³-hybridized carbons (Fsp3) is 1.00. The zero-order valence-electron chi connectivity index (χ0n) is 11.4. The molecule has 0 amide bonds. The Morgan fingerprint density at radius 2 is 1.00 bits per heavy atom. The summed E-state index contributed by atoms with van der Waals surface area (Å²) in [6.07, 6.45) is 15.8. The van der Waals surface area contributed by atoms with E-state index in [0.717, 1.165) is 5.92 Å². The zero-order valence-corrected chi connectivity index (χ0v) is 11.4. The molecular weight excluding hydrogens is 180 g/mol. The first-order valence-corrected chi connectivity index (χ1v) is 7.31. The lowest BCUT2D eigenvalue weighted by Gasteiger charge is -2.10. The highest BCUT2D eigenvalue weighted by molar-refractivity contribution is 4.55. The zero-order chi connectivity index (χ0) is 11.4. The Hall–Kier alpha value is 0. The van der Waals surface area contributed by atoms with Gasteiger partial charge in [-0.2, -0.15) is 0 Å². The largest absolute Gasteiger partial charge is 0.0654 e. The molecular formula is C15H32. The molecule has 15 heavy (non-hydrogen) atoms. The summed E-state index contributed by atoms with van der Waals surface area (Å²) in [5, 5.41) is 0. The molecule has 0 nitrogen and oxygen atoms in total. The van der Waals surface area contributed by atoms with Gasteiger partial charge in [0, 0.05) is 0 Å². The molecule has 0 bridgehead atoms. The van der Waals surface area contributed by atoms with Crippen molar-refractivity contribution in [1.29, 1.82) is 0 Å². The van der Waals surface area contributed by atoms with E-state index in [4.69, 9.17) is 0 Å². The van der Waals surface area contributed by atoms with E-state index >= 15 is 0 Å². The maximum Gasteiger partial charge on any atom is -0.0443 e. The van der Waals surface area contributed by atoms with Gasteiger partial charge in [-0.1, -0.05) is 91.4 Å². The minimum atomic E-state index is 0.975. The number of unbranched alkanes of at least 4 members (excludes halogenated alkanes) is 7. The fourth-order valence-corrected chi connectivity index (χ4v) is 2.16. The molecule has 0 spiro atoms. The smallest absolute Gasteiger partial charge is 0.0443 e. The average molecular weight is 212 g/mol. The third kappa shape index (κ3) is 11.9. The van der Waals surface area contributed by atoms with Gasteiger partial charge in [0.2, 0.25) is 0 Å². The Morgan fingerprint density at radius 3 is 1.47 bits per heavy atom. The van der Waals surface area contributed by atoms with Gasteiger partial charge in [-0.05, 0) is 5.92 Å². The van der Waals surface area contributed by atoms with Crippen LogP contribution in [0.25, 0.3) is 0 Å². The SMILES string of the molecule is CCCCCCC[C@H](C)CCCCCC. The summed E-state index contributed by atoms with van der Waals surface area (Å²) >= 11 is 0. The van der Waals surface area contributed by atoms with Crippen LogP contribution >= 0.6 is 0 Å². The highest BCUT2D eigenvalue weighted by Gasteiger charge is 2.01. The maximum absolute atomic E-state index is 2.44. The average Bonchev–Trinajstić information content (AvgIpc) is 2.24. The topological polar surface area (TPSA) is 0 Å².